The maximum Gasteiger partial charge on any atom is 0.0728 e. The Bertz CT molecular complexity index is 2340. The molecule has 1 aromatic heterocycles. The summed E-state index contributed by atoms with van der Waals surface area (Å²) in [6.07, 6.45) is 0. The van der Waals surface area contributed by atoms with Crippen LogP contribution in [0.25, 0.3) is 31.7 Å². The van der Waals surface area contributed by atoms with Crippen molar-refractivity contribution < 1.29 is 0 Å². The van der Waals surface area contributed by atoms with E-state index in [9.17, 15) is 0 Å². The largest absolute Gasteiger partial charge is 0.311 e. The van der Waals surface area contributed by atoms with Crippen molar-refractivity contribution in [2.24, 2.45) is 0 Å². The third-order valence-corrected chi connectivity index (χ3v) is 11.3. The van der Waals surface area contributed by atoms with Crippen molar-refractivity contribution in [3.05, 3.63) is 209 Å². The predicted molar refractivity (Wildman–Crippen MR) is 209 cm³/mol. The second kappa shape index (κ2) is 11.8. The zero-order valence-electron chi connectivity index (χ0n) is 27.6. The van der Waals surface area contributed by atoms with Crippen LogP contribution in [0.5, 0.6) is 0 Å². The van der Waals surface area contributed by atoms with Crippen LogP contribution in [0.3, 0.4) is 0 Å². The molecule has 0 unspecified atom stereocenters. The van der Waals surface area contributed by atoms with Gasteiger partial charge in [0.05, 0.1) is 5.41 Å². The first-order valence-electron chi connectivity index (χ1n) is 16.9. The molecule has 1 aliphatic carbocycles. The molecule has 7 aromatic carbocycles. The van der Waals surface area contributed by atoms with Crippen LogP contribution in [-0.4, -0.2) is 0 Å². The number of benzene rings is 7. The fourth-order valence-electron chi connectivity index (χ4n) is 7.75. The molecule has 9 rings (SSSR count). The molecule has 0 saturated carbocycles. The summed E-state index contributed by atoms with van der Waals surface area (Å²) < 4.78 is 1.33. The highest BCUT2D eigenvalue weighted by molar-refractivity contribution is 7.22. The quantitative estimate of drug-likeness (QED) is 0.174. The van der Waals surface area contributed by atoms with E-state index < -0.39 is 5.41 Å². The van der Waals surface area contributed by atoms with Gasteiger partial charge in [0.2, 0.25) is 0 Å². The molecule has 0 radical (unpaired) electrons. The van der Waals surface area contributed by atoms with Crippen molar-refractivity contribution in [3.8, 4) is 21.6 Å². The zero-order valence-corrected chi connectivity index (χ0v) is 28.4. The van der Waals surface area contributed by atoms with Gasteiger partial charge >= 0.3 is 0 Å². The number of hydrogen-bond donors (Lipinski definition) is 0. The summed E-state index contributed by atoms with van der Waals surface area (Å²) in [7, 11) is 0. The summed E-state index contributed by atoms with van der Waals surface area (Å²) >= 11 is 1.92. The second-order valence-electron chi connectivity index (χ2n) is 13.1. The van der Waals surface area contributed by atoms with Crippen molar-refractivity contribution in [1.82, 2.24) is 0 Å². The standard InChI is InChI=1S/C47H35NS/c1-32-17-24-38(25-18-32)48(39-26-19-33(2)20-27-39)40-28-21-34(22-29-40)35-23-30-41-43(31-35)47(36-11-5-3-6-12-36,37-13-7-4-8-14-37)45-42-15-9-10-16-44(42)49-46(41)45/h3-31H,1-2H3. The molecule has 0 spiro atoms. The SMILES string of the molecule is Cc1ccc(N(c2ccc(C)cc2)c2ccc(-c3ccc4c(c3)C(c3ccccc3)(c3ccccc3)c3c-4sc4ccccc34)cc2)cc1. The number of hydrogen-bond acceptors (Lipinski definition) is 2. The Labute approximate surface area is 292 Å². The maximum atomic E-state index is 2.46. The normalized spacial score (nSPS) is 12.9. The van der Waals surface area contributed by atoms with E-state index in [-0.39, 0.29) is 0 Å². The molecule has 2 heteroatoms. The van der Waals surface area contributed by atoms with E-state index in [4.69, 9.17) is 0 Å². The molecule has 1 nitrogen and oxygen atoms in total. The number of nitrogens with zero attached hydrogens (tertiary/aromatic N) is 1. The smallest absolute Gasteiger partial charge is 0.0728 e. The molecule has 0 atom stereocenters. The monoisotopic (exact) mass is 645 g/mol. The average molecular weight is 646 g/mol. The number of rotatable bonds is 6. The highest BCUT2D eigenvalue weighted by Crippen LogP contribution is 2.61. The van der Waals surface area contributed by atoms with E-state index in [1.165, 1.54) is 65.0 Å². The first-order chi connectivity index (χ1) is 24.1. The lowest BCUT2D eigenvalue weighted by atomic mass is 9.67. The first-order valence-corrected chi connectivity index (χ1v) is 17.7. The predicted octanol–water partition coefficient (Wildman–Crippen LogP) is 13.0. The summed E-state index contributed by atoms with van der Waals surface area (Å²) in [5.41, 5.74) is 14.6. The van der Waals surface area contributed by atoms with Crippen LogP contribution in [0, 0.1) is 13.8 Å². The lowest BCUT2D eigenvalue weighted by molar-refractivity contribution is 0.777. The van der Waals surface area contributed by atoms with Crippen LogP contribution in [0.1, 0.15) is 33.4 Å². The van der Waals surface area contributed by atoms with E-state index in [0.717, 1.165) is 17.1 Å². The van der Waals surface area contributed by atoms with Crippen LogP contribution < -0.4 is 4.90 Å². The highest BCUT2D eigenvalue weighted by atomic mass is 32.1. The Hall–Kier alpha value is -5.70. The molecule has 0 aliphatic heterocycles. The molecule has 0 saturated heterocycles. The number of fused-ring (bicyclic) bond motifs is 5. The van der Waals surface area contributed by atoms with Crippen LogP contribution in [0.4, 0.5) is 17.1 Å². The molecule has 0 bridgehead atoms. The minimum Gasteiger partial charge on any atom is -0.311 e. The number of anilines is 3. The van der Waals surface area contributed by atoms with Gasteiger partial charge in [0, 0.05) is 26.6 Å². The van der Waals surface area contributed by atoms with Gasteiger partial charge in [-0.05, 0) is 107 Å². The Balaban J connectivity index is 1.22. The molecule has 49 heavy (non-hydrogen) atoms. The van der Waals surface area contributed by atoms with Crippen molar-refractivity contribution in [1.29, 1.82) is 0 Å². The van der Waals surface area contributed by atoms with Crippen molar-refractivity contribution >= 4 is 38.5 Å². The Morgan fingerprint density at radius 3 is 1.53 bits per heavy atom. The molecule has 1 aliphatic rings. The van der Waals surface area contributed by atoms with Gasteiger partial charge in [-0.2, -0.15) is 0 Å². The summed E-state index contributed by atoms with van der Waals surface area (Å²) in [6.45, 7) is 4.27. The minimum absolute atomic E-state index is 0.434. The summed E-state index contributed by atoms with van der Waals surface area (Å²) in [5.74, 6) is 0. The van der Waals surface area contributed by atoms with Gasteiger partial charge in [-0.3, -0.25) is 0 Å². The lowest BCUT2D eigenvalue weighted by Crippen LogP contribution is -2.28. The first kappa shape index (κ1) is 29.4. The molecule has 0 fully saturated rings. The van der Waals surface area contributed by atoms with Crippen LogP contribution in [-0.2, 0) is 5.41 Å². The van der Waals surface area contributed by atoms with Gasteiger partial charge in [0.25, 0.3) is 0 Å². The number of thiophene rings is 1. The van der Waals surface area contributed by atoms with Crippen molar-refractivity contribution in [2.75, 3.05) is 4.90 Å². The average Bonchev–Trinajstić information content (AvgIpc) is 3.67. The minimum atomic E-state index is -0.434. The van der Waals surface area contributed by atoms with Gasteiger partial charge < -0.3 is 4.90 Å². The van der Waals surface area contributed by atoms with E-state index in [1.807, 2.05) is 11.3 Å². The van der Waals surface area contributed by atoms with Crippen LogP contribution >= 0.6 is 11.3 Å². The van der Waals surface area contributed by atoms with Gasteiger partial charge in [-0.1, -0.05) is 139 Å². The van der Waals surface area contributed by atoms with Gasteiger partial charge in [-0.15, -0.1) is 11.3 Å². The third-order valence-electron chi connectivity index (χ3n) is 10.1. The second-order valence-corrected chi connectivity index (χ2v) is 14.2. The molecule has 8 aromatic rings. The van der Waals surface area contributed by atoms with Crippen molar-refractivity contribution in [3.63, 3.8) is 0 Å². The lowest BCUT2D eigenvalue weighted by Gasteiger charge is -2.34. The van der Waals surface area contributed by atoms with E-state index in [2.05, 4.69) is 195 Å². The molecule has 0 N–H and O–H groups in total. The van der Waals surface area contributed by atoms with Crippen LogP contribution in [0.15, 0.2) is 176 Å². The fraction of sp³-hybridized carbons (Fsp3) is 0.0638. The Morgan fingerprint density at radius 1 is 0.469 bits per heavy atom. The topological polar surface area (TPSA) is 3.24 Å². The highest BCUT2D eigenvalue weighted by Gasteiger charge is 2.48. The summed E-state index contributed by atoms with van der Waals surface area (Å²) in [6, 6.07) is 64.9. The molecule has 0 amide bonds. The molecular formula is C47H35NS. The Morgan fingerprint density at radius 2 is 0.959 bits per heavy atom. The molecular weight excluding hydrogens is 611 g/mol. The third kappa shape index (κ3) is 4.75. The van der Waals surface area contributed by atoms with Crippen LogP contribution in [0.2, 0.25) is 0 Å². The van der Waals surface area contributed by atoms with E-state index in [0.29, 0.717) is 0 Å². The van der Waals surface area contributed by atoms with E-state index >= 15 is 0 Å². The fourth-order valence-corrected chi connectivity index (χ4v) is 9.05. The van der Waals surface area contributed by atoms with Gasteiger partial charge in [0.15, 0.2) is 0 Å². The molecule has 1 heterocycles. The molecule has 234 valence electrons. The van der Waals surface area contributed by atoms with Gasteiger partial charge in [-0.25, -0.2) is 0 Å². The summed E-state index contributed by atoms with van der Waals surface area (Å²) in [5, 5.41) is 1.34. The maximum absolute atomic E-state index is 2.46. The Kier molecular flexibility index (Phi) is 7.07. The van der Waals surface area contributed by atoms with Crippen molar-refractivity contribution in [2.45, 2.75) is 19.3 Å². The zero-order chi connectivity index (χ0) is 33.0. The van der Waals surface area contributed by atoms with Gasteiger partial charge in [0.1, 0.15) is 0 Å². The van der Waals surface area contributed by atoms with E-state index in [1.54, 1.807) is 0 Å². The summed E-state index contributed by atoms with van der Waals surface area (Å²) in [4.78, 5) is 3.71. The number of aryl methyl sites for hydroxylation is 2.